The van der Waals surface area contributed by atoms with Crippen molar-refractivity contribution in [2.24, 2.45) is 0 Å². The molecule has 2 heterocycles. The van der Waals surface area contributed by atoms with Crippen molar-refractivity contribution in [3.8, 4) is 0 Å². The summed E-state index contributed by atoms with van der Waals surface area (Å²) in [4.78, 5) is 2.45. The van der Waals surface area contributed by atoms with Gasteiger partial charge in [-0.15, -0.1) is 0 Å². The van der Waals surface area contributed by atoms with Crippen molar-refractivity contribution >= 4 is 0 Å². The first-order valence-electron chi connectivity index (χ1n) is 5.36. The van der Waals surface area contributed by atoms with Crippen LogP contribution in [0.15, 0.2) is 0 Å². The van der Waals surface area contributed by atoms with Gasteiger partial charge in [-0.1, -0.05) is 6.42 Å². The summed E-state index contributed by atoms with van der Waals surface area (Å²) in [5, 5.41) is 9.24. The molecular formula is C10H19NO2. The van der Waals surface area contributed by atoms with Gasteiger partial charge in [0.05, 0.1) is 13.2 Å². The summed E-state index contributed by atoms with van der Waals surface area (Å²) in [7, 11) is 0. The number of hydrogen-bond donors (Lipinski definition) is 1. The van der Waals surface area contributed by atoms with Crippen LogP contribution in [0.2, 0.25) is 0 Å². The Hall–Kier alpha value is -0.120. The zero-order valence-electron chi connectivity index (χ0n) is 8.11. The lowest BCUT2D eigenvalue weighted by Crippen LogP contribution is -2.48. The molecule has 0 aromatic carbocycles. The third-order valence-electron chi connectivity index (χ3n) is 3.26. The van der Waals surface area contributed by atoms with Gasteiger partial charge in [0, 0.05) is 18.7 Å². The summed E-state index contributed by atoms with van der Waals surface area (Å²) < 4.78 is 5.38. The first-order chi connectivity index (χ1) is 6.42. The summed E-state index contributed by atoms with van der Waals surface area (Å²) in [6.07, 6.45) is 4.87. The van der Waals surface area contributed by atoms with Gasteiger partial charge in [0.1, 0.15) is 0 Å². The zero-order chi connectivity index (χ0) is 9.10. The number of ether oxygens (including phenoxy) is 1. The number of rotatable bonds is 2. The van der Waals surface area contributed by atoms with Gasteiger partial charge in [-0.3, -0.25) is 4.90 Å². The molecule has 0 aromatic rings. The van der Waals surface area contributed by atoms with E-state index in [2.05, 4.69) is 4.90 Å². The molecule has 2 saturated heterocycles. The molecule has 2 fully saturated rings. The maximum absolute atomic E-state index is 9.24. The van der Waals surface area contributed by atoms with Crippen molar-refractivity contribution in [3.05, 3.63) is 0 Å². The summed E-state index contributed by atoms with van der Waals surface area (Å²) in [5.41, 5.74) is 0. The van der Waals surface area contributed by atoms with Gasteiger partial charge < -0.3 is 9.84 Å². The second-order valence-corrected chi connectivity index (χ2v) is 4.09. The Morgan fingerprint density at radius 2 is 2.23 bits per heavy atom. The van der Waals surface area contributed by atoms with Crippen LogP contribution in [-0.4, -0.2) is 48.5 Å². The molecule has 3 nitrogen and oxygen atoms in total. The normalized spacial score (nSPS) is 36.7. The van der Waals surface area contributed by atoms with Crippen LogP contribution in [0.5, 0.6) is 0 Å². The lowest BCUT2D eigenvalue weighted by Gasteiger charge is -2.38. The van der Waals surface area contributed by atoms with Gasteiger partial charge in [-0.05, 0) is 25.8 Å². The minimum absolute atomic E-state index is 0.316. The molecular weight excluding hydrogens is 166 g/mol. The average molecular weight is 185 g/mol. The monoisotopic (exact) mass is 185 g/mol. The molecule has 76 valence electrons. The number of aliphatic hydroxyl groups excluding tert-OH is 1. The van der Waals surface area contributed by atoms with Gasteiger partial charge in [-0.2, -0.15) is 0 Å². The maximum Gasteiger partial charge on any atom is 0.0622 e. The fourth-order valence-corrected chi connectivity index (χ4v) is 2.48. The van der Waals surface area contributed by atoms with E-state index in [0.29, 0.717) is 18.7 Å². The summed E-state index contributed by atoms with van der Waals surface area (Å²) >= 11 is 0. The summed E-state index contributed by atoms with van der Waals surface area (Å²) in [6, 6.07) is 0.984. The van der Waals surface area contributed by atoms with Crippen molar-refractivity contribution < 1.29 is 9.84 Å². The Balaban J connectivity index is 1.93. The van der Waals surface area contributed by atoms with Crippen LogP contribution in [0.3, 0.4) is 0 Å². The highest BCUT2D eigenvalue weighted by molar-refractivity contribution is 4.84. The Bertz CT molecular complexity index is 155. The molecule has 1 N–H and O–H groups in total. The topological polar surface area (TPSA) is 32.7 Å². The Labute approximate surface area is 79.7 Å². The highest BCUT2D eigenvalue weighted by Crippen LogP contribution is 2.23. The van der Waals surface area contributed by atoms with E-state index in [1.807, 2.05) is 0 Å². The van der Waals surface area contributed by atoms with Crippen molar-refractivity contribution in [3.63, 3.8) is 0 Å². The van der Waals surface area contributed by atoms with Crippen LogP contribution in [0.1, 0.15) is 25.7 Å². The molecule has 0 amide bonds. The van der Waals surface area contributed by atoms with Gasteiger partial charge in [-0.25, -0.2) is 0 Å². The van der Waals surface area contributed by atoms with Crippen molar-refractivity contribution in [2.75, 3.05) is 26.4 Å². The van der Waals surface area contributed by atoms with E-state index in [1.54, 1.807) is 0 Å². The smallest absolute Gasteiger partial charge is 0.0622 e. The van der Waals surface area contributed by atoms with Gasteiger partial charge >= 0.3 is 0 Å². The standard InChI is InChI=1S/C10H19NO2/c12-7-9-3-1-2-5-11(9)10-4-6-13-8-10/h9-10,12H,1-8H2. The minimum atomic E-state index is 0.316. The molecule has 3 heteroatoms. The van der Waals surface area contributed by atoms with E-state index >= 15 is 0 Å². The predicted octanol–water partition coefficient (Wildman–Crippen LogP) is 0.622. The van der Waals surface area contributed by atoms with Crippen molar-refractivity contribution in [1.29, 1.82) is 0 Å². The second kappa shape index (κ2) is 4.40. The quantitative estimate of drug-likeness (QED) is 0.684. The SMILES string of the molecule is OCC1CCCCN1C1CCOC1. The van der Waals surface area contributed by atoms with E-state index in [9.17, 15) is 5.11 Å². The molecule has 0 radical (unpaired) electrons. The largest absolute Gasteiger partial charge is 0.395 e. The maximum atomic E-state index is 9.24. The number of nitrogens with zero attached hydrogens (tertiary/aromatic N) is 1. The van der Waals surface area contributed by atoms with Crippen LogP contribution < -0.4 is 0 Å². The minimum Gasteiger partial charge on any atom is -0.395 e. The Kier molecular flexibility index (Phi) is 3.19. The first-order valence-corrected chi connectivity index (χ1v) is 5.36. The lowest BCUT2D eigenvalue weighted by molar-refractivity contribution is 0.0466. The highest BCUT2D eigenvalue weighted by Gasteiger charge is 2.30. The van der Waals surface area contributed by atoms with E-state index in [4.69, 9.17) is 4.74 Å². The molecule has 0 bridgehead atoms. The van der Waals surface area contributed by atoms with Crippen LogP contribution in [0.25, 0.3) is 0 Å². The van der Waals surface area contributed by atoms with E-state index in [-0.39, 0.29) is 0 Å². The molecule has 2 atom stereocenters. The number of aliphatic hydroxyl groups is 1. The van der Waals surface area contributed by atoms with Crippen molar-refractivity contribution in [2.45, 2.75) is 37.8 Å². The Morgan fingerprint density at radius 3 is 2.92 bits per heavy atom. The fourth-order valence-electron chi connectivity index (χ4n) is 2.48. The van der Waals surface area contributed by atoms with Gasteiger partial charge in [0.15, 0.2) is 0 Å². The van der Waals surface area contributed by atoms with Gasteiger partial charge in [0.25, 0.3) is 0 Å². The molecule has 0 spiro atoms. The molecule has 2 aliphatic heterocycles. The van der Waals surface area contributed by atoms with Gasteiger partial charge in [0.2, 0.25) is 0 Å². The third-order valence-corrected chi connectivity index (χ3v) is 3.26. The number of hydrogen-bond acceptors (Lipinski definition) is 3. The molecule has 2 aliphatic rings. The lowest BCUT2D eigenvalue weighted by atomic mass is 10.00. The Morgan fingerprint density at radius 1 is 1.31 bits per heavy atom. The second-order valence-electron chi connectivity index (χ2n) is 4.09. The van der Waals surface area contributed by atoms with Crippen LogP contribution in [-0.2, 0) is 4.74 Å². The van der Waals surface area contributed by atoms with E-state index in [1.165, 1.54) is 12.8 Å². The van der Waals surface area contributed by atoms with Crippen LogP contribution in [0, 0.1) is 0 Å². The summed E-state index contributed by atoms with van der Waals surface area (Å²) in [5.74, 6) is 0. The third kappa shape index (κ3) is 2.03. The van der Waals surface area contributed by atoms with E-state index in [0.717, 1.165) is 32.6 Å². The van der Waals surface area contributed by atoms with Crippen LogP contribution >= 0.6 is 0 Å². The molecule has 2 rings (SSSR count). The first kappa shape index (κ1) is 9.44. The molecule has 0 aromatic heterocycles. The average Bonchev–Trinajstić information content (AvgIpc) is 2.70. The highest BCUT2D eigenvalue weighted by atomic mass is 16.5. The molecule has 0 saturated carbocycles. The zero-order valence-corrected chi connectivity index (χ0v) is 8.11. The molecule has 2 unspecified atom stereocenters. The van der Waals surface area contributed by atoms with Crippen LogP contribution in [0.4, 0.5) is 0 Å². The number of piperidine rings is 1. The van der Waals surface area contributed by atoms with Crippen molar-refractivity contribution in [1.82, 2.24) is 4.90 Å². The summed E-state index contributed by atoms with van der Waals surface area (Å²) in [6.45, 7) is 3.24. The fraction of sp³-hybridized carbons (Fsp3) is 1.00. The molecule has 0 aliphatic carbocycles. The predicted molar refractivity (Wildman–Crippen MR) is 50.7 cm³/mol. The number of likely N-dealkylation sites (tertiary alicyclic amines) is 1. The molecule has 13 heavy (non-hydrogen) atoms. The van der Waals surface area contributed by atoms with E-state index < -0.39 is 0 Å².